The number of nitrogens with zero attached hydrogens (tertiary/aromatic N) is 2. The second-order valence-corrected chi connectivity index (χ2v) is 7.25. The molecule has 0 unspecified atom stereocenters. The number of nitrogens with one attached hydrogen (secondary N) is 1. The van der Waals surface area contributed by atoms with Crippen molar-refractivity contribution in [3.8, 4) is 6.07 Å². The molecule has 6 nitrogen and oxygen atoms in total. The van der Waals surface area contributed by atoms with Gasteiger partial charge in [0.15, 0.2) is 6.10 Å². The Bertz CT molecular complexity index is 1170. The van der Waals surface area contributed by atoms with Crippen molar-refractivity contribution in [1.29, 1.82) is 5.26 Å². The number of nitriles is 1. The van der Waals surface area contributed by atoms with Gasteiger partial charge in [-0.15, -0.1) is 0 Å². The van der Waals surface area contributed by atoms with Crippen molar-refractivity contribution in [2.45, 2.75) is 13.0 Å². The fourth-order valence-corrected chi connectivity index (χ4v) is 2.96. The molecule has 0 aliphatic rings. The molecule has 6 heteroatoms. The van der Waals surface area contributed by atoms with E-state index in [9.17, 15) is 14.9 Å². The van der Waals surface area contributed by atoms with E-state index in [2.05, 4.69) is 5.32 Å². The van der Waals surface area contributed by atoms with Gasteiger partial charge in [0.1, 0.15) is 11.6 Å². The van der Waals surface area contributed by atoms with E-state index in [4.69, 9.17) is 4.74 Å². The maximum Gasteiger partial charge on any atom is 0.349 e. The summed E-state index contributed by atoms with van der Waals surface area (Å²) in [7, 11) is 3.85. The smallest absolute Gasteiger partial charge is 0.349 e. The third-order valence-electron chi connectivity index (χ3n) is 4.73. The number of benzene rings is 3. The predicted octanol–water partition coefficient (Wildman–Crippen LogP) is 4.38. The first-order chi connectivity index (χ1) is 14.9. The zero-order chi connectivity index (χ0) is 22.4. The Labute approximate surface area is 181 Å². The number of carbonyl (C=O) groups is 2. The molecule has 0 fully saturated rings. The van der Waals surface area contributed by atoms with Gasteiger partial charge >= 0.3 is 5.97 Å². The van der Waals surface area contributed by atoms with Gasteiger partial charge in [0.05, 0.1) is 0 Å². The first-order valence-electron chi connectivity index (χ1n) is 9.77. The highest BCUT2D eigenvalue weighted by atomic mass is 16.5. The lowest BCUT2D eigenvalue weighted by molar-refractivity contribution is -0.148. The van der Waals surface area contributed by atoms with E-state index in [1.165, 1.54) is 13.0 Å². The quantitative estimate of drug-likeness (QED) is 0.368. The largest absolute Gasteiger partial charge is 0.448 e. The number of amides is 1. The summed E-state index contributed by atoms with van der Waals surface area (Å²) in [5, 5.41) is 14.1. The van der Waals surface area contributed by atoms with Crippen LogP contribution < -0.4 is 10.2 Å². The minimum atomic E-state index is -1.06. The minimum Gasteiger partial charge on any atom is -0.448 e. The van der Waals surface area contributed by atoms with Crippen LogP contribution in [0.2, 0.25) is 0 Å². The molecule has 0 radical (unpaired) electrons. The third kappa shape index (κ3) is 5.49. The Morgan fingerprint density at radius 2 is 1.71 bits per heavy atom. The Morgan fingerprint density at radius 1 is 1.03 bits per heavy atom. The van der Waals surface area contributed by atoms with Crippen LogP contribution in [0.1, 0.15) is 12.5 Å². The molecule has 0 aliphatic heterocycles. The highest BCUT2D eigenvalue weighted by molar-refractivity contribution is 6.01. The van der Waals surface area contributed by atoms with Crippen LogP contribution >= 0.6 is 0 Å². The third-order valence-corrected chi connectivity index (χ3v) is 4.73. The summed E-state index contributed by atoms with van der Waals surface area (Å²) < 4.78 is 5.21. The van der Waals surface area contributed by atoms with E-state index in [-0.39, 0.29) is 5.57 Å². The average Bonchev–Trinajstić information content (AvgIpc) is 2.77. The second-order valence-electron chi connectivity index (χ2n) is 7.25. The summed E-state index contributed by atoms with van der Waals surface area (Å²) in [5.74, 6) is -1.32. The molecule has 0 aliphatic carbocycles. The lowest BCUT2D eigenvalue weighted by atomic mass is 10.1. The van der Waals surface area contributed by atoms with Crippen molar-refractivity contribution < 1.29 is 14.3 Å². The van der Waals surface area contributed by atoms with Gasteiger partial charge in [-0.05, 0) is 53.6 Å². The van der Waals surface area contributed by atoms with Crippen LogP contribution in [0.4, 0.5) is 11.4 Å². The molecule has 0 bridgehead atoms. The Hall–Kier alpha value is -4.11. The summed E-state index contributed by atoms with van der Waals surface area (Å²) in [6.45, 7) is 1.47. The van der Waals surface area contributed by atoms with E-state index < -0.39 is 18.0 Å². The lowest BCUT2D eigenvalue weighted by Crippen LogP contribution is -2.30. The first kappa shape index (κ1) is 21.6. The second kappa shape index (κ2) is 9.59. The molecule has 31 heavy (non-hydrogen) atoms. The average molecular weight is 413 g/mol. The van der Waals surface area contributed by atoms with E-state index in [1.54, 1.807) is 18.2 Å². The van der Waals surface area contributed by atoms with Gasteiger partial charge in [0.2, 0.25) is 0 Å². The fourth-order valence-electron chi connectivity index (χ4n) is 2.96. The summed E-state index contributed by atoms with van der Waals surface area (Å²) in [6.07, 6.45) is 0.377. The van der Waals surface area contributed by atoms with Crippen LogP contribution in [0.3, 0.4) is 0 Å². The topological polar surface area (TPSA) is 82.4 Å². The van der Waals surface area contributed by atoms with Gasteiger partial charge in [0.25, 0.3) is 5.91 Å². The summed E-state index contributed by atoms with van der Waals surface area (Å²) in [5.41, 5.74) is 2.11. The number of carbonyl (C=O) groups excluding carboxylic acids is 2. The first-order valence-corrected chi connectivity index (χ1v) is 9.77. The molecule has 0 spiro atoms. The van der Waals surface area contributed by atoms with Gasteiger partial charge in [0, 0.05) is 25.5 Å². The highest BCUT2D eigenvalue weighted by Crippen LogP contribution is 2.19. The van der Waals surface area contributed by atoms with Crippen molar-refractivity contribution in [1.82, 2.24) is 0 Å². The van der Waals surface area contributed by atoms with Gasteiger partial charge in [-0.2, -0.15) is 5.26 Å². The molecule has 1 amide bonds. The lowest BCUT2D eigenvalue weighted by Gasteiger charge is -2.14. The van der Waals surface area contributed by atoms with Crippen molar-refractivity contribution in [3.05, 3.63) is 77.9 Å². The van der Waals surface area contributed by atoms with Gasteiger partial charge < -0.3 is 15.0 Å². The summed E-state index contributed by atoms with van der Waals surface area (Å²) in [6, 6.07) is 22.5. The van der Waals surface area contributed by atoms with Crippen LogP contribution in [0.5, 0.6) is 0 Å². The van der Waals surface area contributed by atoms with Crippen molar-refractivity contribution in [3.63, 3.8) is 0 Å². The minimum absolute atomic E-state index is 0.178. The van der Waals surface area contributed by atoms with Crippen molar-refractivity contribution in [2.75, 3.05) is 24.3 Å². The van der Waals surface area contributed by atoms with E-state index in [0.29, 0.717) is 11.3 Å². The molecule has 0 aromatic heterocycles. The van der Waals surface area contributed by atoms with E-state index >= 15 is 0 Å². The Balaban J connectivity index is 1.65. The van der Waals surface area contributed by atoms with E-state index in [1.807, 2.05) is 73.6 Å². The van der Waals surface area contributed by atoms with Gasteiger partial charge in [-0.25, -0.2) is 4.79 Å². The van der Waals surface area contributed by atoms with Crippen molar-refractivity contribution >= 4 is 40.1 Å². The van der Waals surface area contributed by atoms with Gasteiger partial charge in [-0.3, -0.25) is 4.79 Å². The normalized spacial score (nSPS) is 12.0. The van der Waals surface area contributed by atoms with Crippen LogP contribution in [0.25, 0.3) is 16.8 Å². The molecule has 1 atom stereocenters. The molecular weight excluding hydrogens is 390 g/mol. The number of rotatable bonds is 6. The Kier molecular flexibility index (Phi) is 6.68. The van der Waals surface area contributed by atoms with Crippen LogP contribution in [0, 0.1) is 11.3 Å². The van der Waals surface area contributed by atoms with Crippen molar-refractivity contribution in [2.24, 2.45) is 0 Å². The molecule has 1 N–H and O–H groups in total. The van der Waals surface area contributed by atoms with Crippen LogP contribution in [0.15, 0.2) is 72.3 Å². The molecule has 3 aromatic carbocycles. The highest BCUT2D eigenvalue weighted by Gasteiger charge is 2.21. The number of fused-ring (bicyclic) bond motifs is 1. The molecule has 0 heterocycles. The number of ether oxygens (including phenoxy) is 1. The SMILES string of the molecule is C[C@H](OC(=O)/C(C#N)=C/c1ccc(N(C)C)cc1)C(=O)Nc1ccc2ccccc2c1. The predicted molar refractivity (Wildman–Crippen MR) is 122 cm³/mol. The molecule has 156 valence electrons. The molecule has 3 rings (SSSR count). The number of hydrogen-bond donors (Lipinski definition) is 1. The van der Waals surface area contributed by atoms with Crippen LogP contribution in [-0.4, -0.2) is 32.1 Å². The summed E-state index contributed by atoms with van der Waals surface area (Å²) in [4.78, 5) is 26.8. The maximum absolute atomic E-state index is 12.5. The number of esters is 1. The zero-order valence-corrected chi connectivity index (χ0v) is 17.6. The van der Waals surface area contributed by atoms with Gasteiger partial charge in [-0.1, -0.05) is 42.5 Å². The summed E-state index contributed by atoms with van der Waals surface area (Å²) >= 11 is 0. The monoisotopic (exact) mass is 413 g/mol. The zero-order valence-electron chi connectivity index (χ0n) is 17.6. The Morgan fingerprint density at radius 3 is 2.35 bits per heavy atom. The maximum atomic E-state index is 12.5. The number of anilines is 2. The molecule has 3 aromatic rings. The fraction of sp³-hybridized carbons (Fsp3) is 0.160. The molecule has 0 saturated heterocycles. The standard InChI is InChI=1S/C25H23N3O3/c1-17(24(29)27-22-11-10-19-6-4-5-7-20(19)15-22)31-25(30)21(16-26)14-18-8-12-23(13-9-18)28(2)3/h4-15,17H,1-3H3,(H,27,29)/b21-14+/t17-/m0/s1. The van der Waals surface area contributed by atoms with E-state index in [0.717, 1.165) is 16.5 Å². The van der Waals surface area contributed by atoms with Crippen LogP contribution in [-0.2, 0) is 14.3 Å². The molecule has 0 saturated carbocycles. The number of hydrogen-bond acceptors (Lipinski definition) is 5. The molecular formula is C25H23N3O3.